The van der Waals surface area contributed by atoms with Crippen LogP contribution < -0.4 is 5.32 Å². The molecule has 2 heterocycles. The Morgan fingerprint density at radius 2 is 1.77 bits per heavy atom. The van der Waals surface area contributed by atoms with E-state index in [1.54, 1.807) is 19.1 Å². The maximum absolute atomic E-state index is 14.8. The Labute approximate surface area is 212 Å². The molecule has 11 heteroatoms. The van der Waals surface area contributed by atoms with E-state index in [4.69, 9.17) is 21.1 Å². The second kappa shape index (κ2) is 9.08. The lowest BCUT2D eigenvalue weighted by molar-refractivity contribution is -0.0896. The van der Waals surface area contributed by atoms with Crippen molar-refractivity contribution in [2.75, 3.05) is 5.32 Å². The zero-order valence-electron chi connectivity index (χ0n) is 19.6. The monoisotopic (exact) mass is 541 g/mol. The van der Waals surface area contributed by atoms with Gasteiger partial charge in [0.05, 0.1) is 28.0 Å². The molecule has 1 saturated heterocycles. The van der Waals surface area contributed by atoms with Gasteiger partial charge in [0.1, 0.15) is 22.7 Å². The maximum Gasteiger partial charge on any atom is 0.236 e. The number of halogens is 3. The third-order valence-electron chi connectivity index (χ3n) is 6.29. The predicted octanol–water partition coefficient (Wildman–Crippen LogP) is 6.48. The van der Waals surface area contributed by atoms with E-state index in [-0.39, 0.29) is 20.6 Å². The van der Waals surface area contributed by atoms with E-state index in [9.17, 15) is 17.2 Å². The molecule has 0 saturated carbocycles. The molecule has 35 heavy (non-hydrogen) atoms. The molecular weight excluding hydrogens is 518 g/mol. The van der Waals surface area contributed by atoms with Crippen molar-refractivity contribution < 1.29 is 26.7 Å². The fraction of sp³-hybridized carbons (Fsp3) is 0.375. The van der Waals surface area contributed by atoms with Gasteiger partial charge in [0.15, 0.2) is 6.29 Å². The molecule has 0 amide bonds. The average Bonchev–Trinajstić information content (AvgIpc) is 3.37. The molecule has 0 spiro atoms. The van der Waals surface area contributed by atoms with E-state index in [1.165, 1.54) is 11.4 Å². The van der Waals surface area contributed by atoms with E-state index in [0.29, 0.717) is 5.56 Å². The van der Waals surface area contributed by atoms with Crippen LogP contribution in [0.4, 0.5) is 14.5 Å². The van der Waals surface area contributed by atoms with Crippen molar-refractivity contribution >= 4 is 38.5 Å². The van der Waals surface area contributed by atoms with Crippen LogP contribution in [-0.4, -0.2) is 24.6 Å². The molecule has 0 unspecified atom stereocenters. The van der Waals surface area contributed by atoms with E-state index >= 15 is 0 Å². The molecule has 1 aliphatic heterocycles. The highest BCUT2D eigenvalue weighted by molar-refractivity contribution is 7.93. The predicted molar refractivity (Wildman–Crippen MR) is 129 cm³/mol. The summed E-state index contributed by atoms with van der Waals surface area (Å²) in [5, 5.41) is 4.28. The summed E-state index contributed by atoms with van der Waals surface area (Å²) >= 11 is 7.11. The Morgan fingerprint density at radius 1 is 1.11 bits per heavy atom. The van der Waals surface area contributed by atoms with Crippen LogP contribution in [0.1, 0.15) is 58.1 Å². The van der Waals surface area contributed by atoms with Gasteiger partial charge in [0.25, 0.3) is 0 Å². The number of sulfone groups is 1. The molecule has 6 nitrogen and oxygen atoms in total. The third kappa shape index (κ3) is 4.82. The van der Waals surface area contributed by atoms with Gasteiger partial charge < -0.3 is 14.8 Å². The van der Waals surface area contributed by atoms with Gasteiger partial charge in [-0.1, -0.05) is 17.7 Å². The van der Waals surface area contributed by atoms with Crippen LogP contribution >= 0.6 is 22.9 Å². The fourth-order valence-corrected chi connectivity index (χ4v) is 6.04. The first-order valence-corrected chi connectivity index (χ1v) is 13.4. The molecular formula is C24H24ClF2N2O4S2. The normalized spacial score (nSPS) is 18.5. The SMILES string of the molecule is C[C@H](Nc1cc(F)c(S(=O)(=O)c2n[c]cs2)cc1Cl)c1cc(C2OC(C)(C)C(C)(C)O2)ccc1F. The number of hydrogen-bond acceptors (Lipinski definition) is 7. The van der Waals surface area contributed by atoms with Crippen LogP contribution in [0, 0.1) is 17.8 Å². The van der Waals surface area contributed by atoms with Gasteiger partial charge in [-0.2, -0.15) is 0 Å². The molecule has 4 rings (SSSR count). The van der Waals surface area contributed by atoms with Crippen LogP contribution in [0.2, 0.25) is 5.02 Å². The minimum Gasteiger partial charge on any atom is -0.377 e. The van der Waals surface area contributed by atoms with Gasteiger partial charge in [0, 0.05) is 16.5 Å². The first-order valence-electron chi connectivity index (χ1n) is 10.7. The Balaban J connectivity index is 1.60. The summed E-state index contributed by atoms with van der Waals surface area (Å²) in [5.41, 5.74) is -0.0853. The Bertz CT molecular complexity index is 1350. The zero-order valence-corrected chi connectivity index (χ0v) is 22.0. The summed E-state index contributed by atoms with van der Waals surface area (Å²) in [6, 6.07) is 5.87. The van der Waals surface area contributed by atoms with Gasteiger partial charge in [0.2, 0.25) is 14.2 Å². The van der Waals surface area contributed by atoms with Crippen LogP contribution in [0.5, 0.6) is 0 Å². The molecule has 1 aliphatic rings. The Hall–Kier alpha value is -2.11. The van der Waals surface area contributed by atoms with Crippen molar-refractivity contribution in [1.82, 2.24) is 4.98 Å². The van der Waals surface area contributed by atoms with Crippen LogP contribution in [0.25, 0.3) is 0 Å². The summed E-state index contributed by atoms with van der Waals surface area (Å²) < 4.78 is 66.7. The van der Waals surface area contributed by atoms with Gasteiger partial charge in [-0.25, -0.2) is 22.2 Å². The fourth-order valence-electron chi connectivity index (χ4n) is 3.58. The van der Waals surface area contributed by atoms with E-state index in [2.05, 4.69) is 16.5 Å². The minimum absolute atomic E-state index is 0.0418. The molecule has 1 atom stereocenters. The highest BCUT2D eigenvalue weighted by Gasteiger charge is 2.49. The molecule has 1 N–H and O–H groups in total. The summed E-state index contributed by atoms with van der Waals surface area (Å²) in [7, 11) is -4.19. The molecule has 1 radical (unpaired) electrons. The number of ether oxygens (including phenoxy) is 2. The second-order valence-electron chi connectivity index (χ2n) is 9.24. The van der Waals surface area contributed by atoms with Crippen molar-refractivity contribution in [2.45, 2.75) is 67.4 Å². The number of rotatable bonds is 6. The van der Waals surface area contributed by atoms with Gasteiger partial charge in [-0.3, -0.25) is 0 Å². The Morgan fingerprint density at radius 3 is 2.37 bits per heavy atom. The number of thiazole rings is 1. The highest BCUT2D eigenvalue weighted by atomic mass is 35.5. The van der Waals surface area contributed by atoms with Crippen molar-refractivity contribution in [3.63, 3.8) is 0 Å². The third-order valence-corrected chi connectivity index (χ3v) is 9.51. The lowest BCUT2D eigenvalue weighted by Crippen LogP contribution is -2.41. The second-order valence-corrected chi connectivity index (χ2v) is 12.6. The number of benzene rings is 2. The van der Waals surface area contributed by atoms with Gasteiger partial charge in [-0.05, 0) is 58.9 Å². The highest BCUT2D eigenvalue weighted by Crippen LogP contribution is 2.45. The molecule has 0 aliphatic carbocycles. The molecule has 187 valence electrons. The number of aromatic nitrogens is 1. The summed E-state index contributed by atoms with van der Waals surface area (Å²) in [4.78, 5) is 3.03. The Kier molecular flexibility index (Phi) is 6.74. The summed E-state index contributed by atoms with van der Waals surface area (Å²) in [6.07, 6.45) is 1.72. The van der Waals surface area contributed by atoms with E-state index in [1.807, 2.05) is 27.7 Å². The lowest BCUT2D eigenvalue weighted by Gasteiger charge is -2.30. The molecule has 1 aromatic heterocycles. The smallest absolute Gasteiger partial charge is 0.236 e. The van der Waals surface area contributed by atoms with Crippen molar-refractivity contribution in [3.8, 4) is 0 Å². The quantitative estimate of drug-likeness (QED) is 0.384. The topological polar surface area (TPSA) is 77.5 Å². The standard InChI is InChI=1S/C24H24ClF2N2O4S2/c1-13(15-10-14(6-7-17(15)26)21-32-23(2,3)24(4,5)33-21)29-19-12-18(27)20(11-16(19)25)35(30,31)22-28-8-9-34-22/h6-7,9-13,21,29H,1-5H3/t13-/m0/s1. The van der Waals surface area contributed by atoms with Crippen LogP contribution in [-0.2, 0) is 19.3 Å². The van der Waals surface area contributed by atoms with Crippen molar-refractivity contribution in [1.29, 1.82) is 0 Å². The van der Waals surface area contributed by atoms with Crippen molar-refractivity contribution in [2.24, 2.45) is 0 Å². The molecule has 1 fully saturated rings. The number of nitrogens with one attached hydrogen (secondary N) is 1. The number of hydrogen-bond donors (Lipinski definition) is 1. The van der Waals surface area contributed by atoms with Gasteiger partial charge in [-0.15, -0.1) is 11.3 Å². The largest absolute Gasteiger partial charge is 0.377 e. The lowest BCUT2D eigenvalue weighted by atomic mass is 9.90. The van der Waals surface area contributed by atoms with Crippen LogP contribution in [0.15, 0.2) is 44.9 Å². The first-order chi connectivity index (χ1) is 16.2. The van der Waals surface area contributed by atoms with Crippen LogP contribution in [0.3, 0.4) is 0 Å². The van der Waals surface area contributed by atoms with Crippen molar-refractivity contribution in [3.05, 3.63) is 69.7 Å². The van der Waals surface area contributed by atoms with Gasteiger partial charge >= 0.3 is 0 Å². The average molecular weight is 542 g/mol. The minimum atomic E-state index is -4.19. The van der Waals surface area contributed by atoms with E-state index < -0.39 is 49.9 Å². The maximum atomic E-state index is 14.8. The number of anilines is 1. The number of nitrogens with zero attached hydrogens (tertiary/aromatic N) is 1. The zero-order chi connectivity index (χ0) is 25.8. The summed E-state index contributed by atoms with van der Waals surface area (Å²) in [6.45, 7) is 9.38. The molecule has 0 bridgehead atoms. The molecule has 2 aromatic carbocycles. The molecule has 3 aromatic rings. The first kappa shape index (κ1) is 26.0. The summed E-state index contributed by atoms with van der Waals surface area (Å²) in [5.74, 6) is -1.49. The van der Waals surface area contributed by atoms with E-state index in [0.717, 1.165) is 23.5 Å².